The van der Waals surface area contributed by atoms with Crippen LogP contribution in [0.15, 0.2) is 0 Å². The summed E-state index contributed by atoms with van der Waals surface area (Å²) >= 11 is 3.81. The number of hydrogen-bond acceptors (Lipinski definition) is 9. The van der Waals surface area contributed by atoms with Crippen molar-refractivity contribution in [2.75, 3.05) is 12.4 Å². The zero-order chi connectivity index (χ0) is 22.0. The van der Waals surface area contributed by atoms with Gasteiger partial charge in [-0.25, -0.2) is 4.79 Å². The molecule has 0 aliphatic heterocycles. The Morgan fingerprint density at radius 1 is 0.964 bits per heavy atom. The van der Waals surface area contributed by atoms with Gasteiger partial charge in [-0.2, -0.15) is 12.6 Å². The maximum Gasteiger partial charge on any atom is 0.326 e. The number of aliphatic hydroxyl groups is 2. The second-order valence-corrected chi connectivity index (χ2v) is 6.12. The normalized spacial score (nSPS) is 16.0. The van der Waals surface area contributed by atoms with Gasteiger partial charge in [0.2, 0.25) is 17.7 Å². The summed E-state index contributed by atoms with van der Waals surface area (Å²) < 4.78 is 0. The second kappa shape index (κ2) is 12.1. The predicted octanol–water partition coefficient (Wildman–Crippen LogP) is -4.37. The van der Waals surface area contributed by atoms with Crippen molar-refractivity contribution in [1.29, 1.82) is 0 Å². The predicted molar refractivity (Wildman–Crippen MR) is 96.3 cm³/mol. The number of carboxylic acids is 2. The van der Waals surface area contributed by atoms with Gasteiger partial charge < -0.3 is 42.1 Å². The first-order chi connectivity index (χ1) is 12.9. The van der Waals surface area contributed by atoms with Gasteiger partial charge in [0, 0.05) is 5.75 Å². The zero-order valence-corrected chi connectivity index (χ0v) is 15.8. The average Bonchev–Trinajstić information content (AvgIpc) is 2.61. The lowest BCUT2D eigenvalue weighted by Crippen LogP contribution is -2.60. The highest BCUT2D eigenvalue weighted by atomic mass is 32.1. The maximum absolute atomic E-state index is 12.2. The van der Waals surface area contributed by atoms with Crippen molar-refractivity contribution in [1.82, 2.24) is 16.0 Å². The largest absolute Gasteiger partial charge is 0.481 e. The van der Waals surface area contributed by atoms with Crippen LogP contribution in [0.3, 0.4) is 0 Å². The molecule has 0 aromatic rings. The molecule has 0 saturated heterocycles. The molecule has 0 heterocycles. The van der Waals surface area contributed by atoms with Gasteiger partial charge >= 0.3 is 11.9 Å². The van der Waals surface area contributed by atoms with Crippen LogP contribution in [0.2, 0.25) is 0 Å². The van der Waals surface area contributed by atoms with Crippen LogP contribution in [0, 0.1) is 0 Å². The Bertz CT molecular complexity index is 601. The van der Waals surface area contributed by atoms with E-state index in [1.807, 2.05) is 5.32 Å². The summed E-state index contributed by atoms with van der Waals surface area (Å²) in [5.41, 5.74) is 5.43. The molecule has 14 heteroatoms. The molecule has 0 bridgehead atoms. The van der Waals surface area contributed by atoms with E-state index < -0.39 is 73.0 Å². The summed E-state index contributed by atoms with van der Waals surface area (Å²) in [4.78, 5) is 57.8. The molecule has 0 aliphatic rings. The van der Waals surface area contributed by atoms with Crippen molar-refractivity contribution in [2.45, 2.75) is 43.6 Å². The summed E-state index contributed by atoms with van der Waals surface area (Å²) in [5, 5.41) is 42.7. The number of carboxylic acid groups (broad SMARTS) is 2. The number of rotatable bonds is 12. The molecular weight excluding hydrogens is 400 g/mol. The van der Waals surface area contributed by atoms with Gasteiger partial charge in [-0.1, -0.05) is 0 Å². The molecule has 160 valence electrons. The van der Waals surface area contributed by atoms with Crippen LogP contribution in [0.25, 0.3) is 0 Å². The zero-order valence-electron chi connectivity index (χ0n) is 14.9. The van der Waals surface area contributed by atoms with Gasteiger partial charge in [0.1, 0.15) is 18.1 Å². The highest BCUT2D eigenvalue weighted by molar-refractivity contribution is 7.80. The van der Waals surface area contributed by atoms with Crippen molar-refractivity contribution in [3.8, 4) is 0 Å². The first kappa shape index (κ1) is 25.6. The second-order valence-electron chi connectivity index (χ2n) is 5.76. The number of thiol groups is 1. The van der Waals surface area contributed by atoms with E-state index in [2.05, 4.69) is 23.3 Å². The minimum atomic E-state index is -1.80. The third-order valence-corrected chi connectivity index (χ3v) is 3.80. The van der Waals surface area contributed by atoms with E-state index >= 15 is 0 Å². The van der Waals surface area contributed by atoms with Crippen LogP contribution in [-0.4, -0.2) is 92.7 Å². The molecule has 28 heavy (non-hydrogen) atoms. The molecule has 0 rings (SSSR count). The van der Waals surface area contributed by atoms with Crippen molar-refractivity contribution < 1.29 is 44.4 Å². The third kappa shape index (κ3) is 8.51. The van der Waals surface area contributed by atoms with Crippen LogP contribution < -0.4 is 21.7 Å². The molecular formula is C14H24N4O9S. The minimum Gasteiger partial charge on any atom is -0.481 e. The fourth-order valence-corrected chi connectivity index (χ4v) is 2.02. The Morgan fingerprint density at radius 2 is 1.50 bits per heavy atom. The molecule has 0 radical (unpaired) electrons. The lowest BCUT2D eigenvalue weighted by Gasteiger charge is -2.25. The summed E-state index contributed by atoms with van der Waals surface area (Å²) in [7, 11) is 0. The number of aliphatic hydroxyl groups excluding tert-OH is 2. The summed E-state index contributed by atoms with van der Waals surface area (Å²) in [5.74, 6) is -6.19. The molecule has 0 saturated carbocycles. The average molecular weight is 424 g/mol. The van der Waals surface area contributed by atoms with Crippen molar-refractivity contribution in [2.24, 2.45) is 5.73 Å². The fourth-order valence-electron chi connectivity index (χ4n) is 1.85. The summed E-state index contributed by atoms with van der Waals surface area (Å²) in [6.45, 7) is 0.253. The molecule has 0 spiro atoms. The van der Waals surface area contributed by atoms with Gasteiger partial charge in [0.15, 0.2) is 0 Å². The van der Waals surface area contributed by atoms with Gasteiger partial charge in [0.05, 0.1) is 25.2 Å². The van der Waals surface area contributed by atoms with Crippen molar-refractivity contribution in [3.05, 3.63) is 0 Å². The first-order valence-corrected chi connectivity index (χ1v) is 8.58. The molecule has 0 aliphatic carbocycles. The van der Waals surface area contributed by atoms with Gasteiger partial charge in [0.25, 0.3) is 0 Å². The highest BCUT2D eigenvalue weighted by Gasteiger charge is 2.33. The molecule has 0 aromatic carbocycles. The van der Waals surface area contributed by atoms with Gasteiger partial charge in [-0.15, -0.1) is 0 Å². The number of nitrogens with two attached hydrogens (primary N) is 1. The van der Waals surface area contributed by atoms with Crippen molar-refractivity contribution in [3.63, 3.8) is 0 Å². The Hall–Kier alpha value is -2.42. The lowest BCUT2D eigenvalue weighted by molar-refractivity contribution is -0.148. The quantitative estimate of drug-likeness (QED) is 0.137. The maximum atomic E-state index is 12.2. The number of amides is 3. The van der Waals surface area contributed by atoms with Crippen LogP contribution in [-0.2, 0) is 24.0 Å². The van der Waals surface area contributed by atoms with Crippen LogP contribution in [0.4, 0.5) is 0 Å². The number of nitrogens with one attached hydrogen (secondary N) is 3. The lowest BCUT2D eigenvalue weighted by atomic mass is 10.1. The van der Waals surface area contributed by atoms with E-state index in [0.29, 0.717) is 0 Å². The highest BCUT2D eigenvalue weighted by Crippen LogP contribution is 2.00. The Kier molecular flexibility index (Phi) is 11.1. The van der Waals surface area contributed by atoms with Crippen LogP contribution >= 0.6 is 12.6 Å². The SMILES string of the molecule is CC(O)C(NC(=O)C(CO)NC(=O)C(N)CS)C(=O)NC(CC(=O)O)C(=O)O. The third-order valence-electron chi connectivity index (χ3n) is 3.40. The molecule has 0 fully saturated rings. The molecule has 3 amide bonds. The molecule has 5 unspecified atom stereocenters. The van der Waals surface area contributed by atoms with E-state index in [1.165, 1.54) is 0 Å². The number of carbonyl (C=O) groups excluding carboxylic acids is 3. The van der Waals surface area contributed by atoms with E-state index in [-0.39, 0.29) is 5.75 Å². The van der Waals surface area contributed by atoms with Gasteiger partial charge in [-0.3, -0.25) is 19.2 Å². The molecule has 9 N–H and O–H groups in total. The first-order valence-electron chi connectivity index (χ1n) is 7.95. The van der Waals surface area contributed by atoms with Crippen LogP contribution in [0.1, 0.15) is 13.3 Å². The Morgan fingerprint density at radius 3 is 1.89 bits per heavy atom. The number of hydrogen-bond donors (Lipinski definition) is 9. The topological polar surface area (TPSA) is 228 Å². The number of carbonyl (C=O) groups is 5. The number of aliphatic carboxylic acids is 2. The van der Waals surface area contributed by atoms with E-state index in [4.69, 9.17) is 15.9 Å². The molecule has 0 aromatic heterocycles. The smallest absolute Gasteiger partial charge is 0.326 e. The molecule has 5 atom stereocenters. The Balaban J connectivity index is 5.18. The summed E-state index contributed by atoms with van der Waals surface area (Å²) in [6, 6.07) is -6.06. The molecule has 13 nitrogen and oxygen atoms in total. The summed E-state index contributed by atoms with van der Waals surface area (Å²) in [6.07, 6.45) is -2.45. The van der Waals surface area contributed by atoms with Crippen molar-refractivity contribution >= 4 is 42.3 Å². The Labute approximate surface area is 165 Å². The monoisotopic (exact) mass is 424 g/mol. The van der Waals surface area contributed by atoms with Gasteiger partial charge in [-0.05, 0) is 6.92 Å². The van der Waals surface area contributed by atoms with E-state index in [1.54, 1.807) is 0 Å². The standard InChI is InChI=1S/C14H24N4O9S/c1-5(20)10(13(25)16-7(14(26)27)2-9(21)22)18-12(24)8(3-19)17-11(23)6(15)4-28/h5-8,10,19-20,28H,2-4,15H2,1H3,(H,16,25)(H,17,23)(H,18,24)(H,21,22)(H,26,27). The fraction of sp³-hybridized carbons (Fsp3) is 0.643. The van der Waals surface area contributed by atoms with Crippen LogP contribution in [0.5, 0.6) is 0 Å². The van der Waals surface area contributed by atoms with E-state index in [0.717, 1.165) is 6.92 Å². The minimum absolute atomic E-state index is 0.0372. The van der Waals surface area contributed by atoms with E-state index in [9.17, 15) is 34.2 Å².